The highest BCUT2D eigenvalue weighted by atomic mass is 16.5. The summed E-state index contributed by atoms with van der Waals surface area (Å²) < 4.78 is 33.3. The fourth-order valence-electron chi connectivity index (χ4n) is 7.90. The number of benzene rings is 7. The van der Waals surface area contributed by atoms with E-state index in [2.05, 4.69) is 46.6 Å². The highest BCUT2D eigenvalue weighted by Crippen LogP contribution is 2.28. The smallest absolute Gasteiger partial charge is 0.224 e. The van der Waals surface area contributed by atoms with Gasteiger partial charge in [-0.1, -0.05) is 0 Å². The second kappa shape index (κ2) is 33.1. The molecule has 0 unspecified atom stereocenters. The third-order valence-electron chi connectivity index (χ3n) is 12.3. The van der Waals surface area contributed by atoms with Crippen LogP contribution >= 0.6 is 0 Å². The first-order chi connectivity index (χ1) is 39.7. The normalized spacial score (nSPS) is 11.1. The van der Waals surface area contributed by atoms with Gasteiger partial charge in [-0.2, -0.15) is 30.7 Å². The molecule has 0 radical (unpaired) electrons. The molecule has 3 amide bonds. The number of carbonyl (C=O) groups excluding carboxylic acids is 3. The zero-order valence-corrected chi connectivity index (χ0v) is 46.1. The van der Waals surface area contributed by atoms with E-state index in [0.29, 0.717) is 73.2 Å². The summed E-state index contributed by atoms with van der Waals surface area (Å²) >= 11 is 0. The van der Waals surface area contributed by atoms with Gasteiger partial charge in [-0.05, 0) is 222 Å². The van der Waals surface area contributed by atoms with Crippen molar-refractivity contribution < 1.29 is 42.8 Å². The van der Waals surface area contributed by atoms with E-state index in [0.717, 1.165) is 90.1 Å². The van der Waals surface area contributed by atoms with E-state index in [-0.39, 0.29) is 37.0 Å². The first-order valence-corrected chi connectivity index (χ1v) is 27.1. The number of anilines is 3. The molecule has 0 fully saturated rings. The van der Waals surface area contributed by atoms with Gasteiger partial charge in [-0.15, -0.1) is 0 Å². The van der Waals surface area contributed by atoms with E-state index < -0.39 is 0 Å². The van der Waals surface area contributed by atoms with Gasteiger partial charge in [0.1, 0.15) is 34.5 Å². The van der Waals surface area contributed by atoms with Crippen LogP contribution in [0.5, 0.6) is 34.5 Å². The van der Waals surface area contributed by atoms with Crippen molar-refractivity contribution in [2.24, 2.45) is 30.7 Å². The highest BCUT2D eigenvalue weighted by Gasteiger charge is 2.12. The van der Waals surface area contributed by atoms with Crippen LogP contribution in [0, 0.1) is 0 Å². The minimum absolute atomic E-state index is 0.183. The average molecular weight is 1100 g/mol. The standard InChI is InChI=1S/C63H69N9O9/c1-76-55-28-16-46(17-29-55)67-70-49-22-34-58(35-23-49)79-40-10-4-7-13-61(73)64-52-43-53(65-62(74)14-8-5-11-41-80-59-36-24-50(25-37-59)71-68-47-18-30-56(77-2)31-19-47)45-54(44-52)66-63(75)15-9-6-12-42-81-60-38-26-51(27-39-60)72-69-48-20-32-57(78-3)33-21-48/h16-39,43-45H,4-15,40-42H2,1-3H3,(H,64,73)(H,65,74)(H,66,75). The number of nitrogens with one attached hydrogen (secondary N) is 3. The molecule has 0 aliphatic heterocycles. The molecule has 0 aliphatic rings. The lowest BCUT2D eigenvalue weighted by atomic mass is 10.1. The summed E-state index contributed by atoms with van der Waals surface area (Å²) in [6, 6.07) is 49.2. The Labute approximate surface area is 473 Å². The molecule has 0 spiro atoms. The number of hydrogen-bond acceptors (Lipinski definition) is 15. The molecule has 0 aromatic heterocycles. The van der Waals surface area contributed by atoms with Crippen LogP contribution < -0.4 is 44.4 Å². The van der Waals surface area contributed by atoms with Crippen LogP contribution in [0.4, 0.5) is 51.2 Å². The minimum Gasteiger partial charge on any atom is -0.497 e. The molecule has 7 aromatic carbocycles. The Bertz CT molecular complexity index is 2770. The predicted octanol–water partition coefficient (Wildman–Crippen LogP) is 16.7. The van der Waals surface area contributed by atoms with Crippen molar-refractivity contribution in [3.63, 3.8) is 0 Å². The first kappa shape index (κ1) is 59.2. The van der Waals surface area contributed by atoms with E-state index in [1.54, 1.807) is 39.5 Å². The molecule has 0 saturated heterocycles. The van der Waals surface area contributed by atoms with Crippen molar-refractivity contribution in [2.75, 3.05) is 57.1 Å². The van der Waals surface area contributed by atoms with Crippen LogP contribution in [0.25, 0.3) is 0 Å². The number of methoxy groups -OCH3 is 3. The van der Waals surface area contributed by atoms with Crippen molar-refractivity contribution >= 4 is 68.9 Å². The van der Waals surface area contributed by atoms with Gasteiger partial charge in [0.15, 0.2) is 0 Å². The van der Waals surface area contributed by atoms with Crippen LogP contribution in [0.1, 0.15) is 77.0 Å². The molecular formula is C63H69N9O9. The summed E-state index contributed by atoms with van der Waals surface area (Å²) in [6.07, 6.45) is 7.38. The molecule has 0 heterocycles. The molecule has 7 aromatic rings. The van der Waals surface area contributed by atoms with E-state index in [4.69, 9.17) is 28.4 Å². The molecule has 3 N–H and O–H groups in total. The monoisotopic (exact) mass is 1100 g/mol. The highest BCUT2D eigenvalue weighted by molar-refractivity contribution is 5.97. The van der Waals surface area contributed by atoms with Gasteiger partial charge in [-0.25, -0.2) is 0 Å². The third kappa shape index (κ3) is 22.1. The summed E-state index contributed by atoms with van der Waals surface area (Å²) in [7, 11) is 4.85. The quantitative estimate of drug-likeness (QED) is 0.0263. The van der Waals surface area contributed by atoms with Gasteiger partial charge in [0.25, 0.3) is 0 Å². The molecule has 420 valence electrons. The van der Waals surface area contributed by atoms with Crippen molar-refractivity contribution in [3.05, 3.63) is 164 Å². The SMILES string of the molecule is COc1ccc(N=Nc2ccc(OCCCCCC(=O)Nc3cc(NC(=O)CCCCCOc4ccc(N=Nc5ccc(OC)cc5)cc4)cc(NC(=O)CCCCCOc4ccc(N=Nc5ccc(OC)cc5)cc4)c3)cc2)cc1. The molecule has 0 saturated carbocycles. The maximum Gasteiger partial charge on any atom is 0.224 e. The van der Waals surface area contributed by atoms with Gasteiger partial charge < -0.3 is 44.4 Å². The van der Waals surface area contributed by atoms with E-state index >= 15 is 0 Å². The Kier molecular flexibility index (Phi) is 24.2. The van der Waals surface area contributed by atoms with Crippen LogP contribution in [0.15, 0.2) is 194 Å². The second-order valence-corrected chi connectivity index (χ2v) is 18.6. The summed E-state index contributed by atoms with van der Waals surface area (Å²) in [5, 5.41) is 34.6. The van der Waals surface area contributed by atoms with Gasteiger partial charge in [0.2, 0.25) is 17.7 Å². The topological polar surface area (TPSA) is 217 Å². The second-order valence-electron chi connectivity index (χ2n) is 18.6. The van der Waals surface area contributed by atoms with Gasteiger partial charge in [0, 0.05) is 36.3 Å². The number of rotatable bonds is 33. The lowest BCUT2D eigenvalue weighted by Gasteiger charge is -2.13. The molecule has 0 atom stereocenters. The maximum atomic E-state index is 13.2. The summed E-state index contributed by atoms with van der Waals surface area (Å²) in [5.41, 5.74) is 5.63. The van der Waals surface area contributed by atoms with E-state index in [1.807, 2.05) is 146 Å². The van der Waals surface area contributed by atoms with Crippen molar-refractivity contribution in [2.45, 2.75) is 77.0 Å². The minimum atomic E-state index is -0.183. The number of nitrogens with zero attached hydrogens (tertiary/aromatic N) is 6. The number of ether oxygens (including phenoxy) is 6. The molecule has 7 rings (SSSR count). The Morgan fingerprint density at radius 1 is 0.296 bits per heavy atom. The van der Waals surface area contributed by atoms with Crippen LogP contribution in [0.2, 0.25) is 0 Å². The summed E-state index contributed by atoms with van der Waals surface area (Å²) in [5.74, 6) is 3.87. The molecular weight excluding hydrogens is 1030 g/mol. The zero-order valence-electron chi connectivity index (χ0n) is 46.1. The van der Waals surface area contributed by atoms with Gasteiger partial charge in [0.05, 0.1) is 75.3 Å². The Morgan fingerprint density at radius 3 is 0.716 bits per heavy atom. The first-order valence-electron chi connectivity index (χ1n) is 27.1. The number of carbonyl (C=O) groups is 3. The molecule has 18 heteroatoms. The van der Waals surface area contributed by atoms with E-state index in [1.165, 1.54) is 0 Å². The zero-order chi connectivity index (χ0) is 56.7. The van der Waals surface area contributed by atoms with Gasteiger partial charge >= 0.3 is 0 Å². The predicted molar refractivity (Wildman–Crippen MR) is 315 cm³/mol. The summed E-state index contributed by atoms with van der Waals surface area (Å²) in [4.78, 5) is 39.6. The Morgan fingerprint density at radius 2 is 0.506 bits per heavy atom. The number of amides is 3. The van der Waals surface area contributed by atoms with Crippen molar-refractivity contribution in [1.82, 2.24) is 0 Å². The number of azo groups is 3. The average Bonchev–Trinajstić information content (AvgIpc) is 3.49. The Balaban J connectivity index is 0.824. The fraction of sp³-hybridized carbons (Fsp3) is 0.286. The van der Waals surface area contributed by atoms with Crippen LogP contribution in [-0.4, -0.2) is 58.9 Å². The Hall–Kier alpha value is -9.45. The van der Waals surface area contributed by atoms with Crippen LogP contribution in [-0.2, 0) is 14.4 Å². The van der Waals surface area contributed by atoms with Gasteiger partial charge in [-0.3, -0.25) is 14.4 Å². The lowest BCUT2D eigenvalue weighted by molar-refractivity contribution is -0.117. The van der Waals surface area contributed by atoms with Crippen molar-refractivity contribution in [1.29, 1.82) is 0 Å². The maximum absolute atomic E-state index is 13.2. The largest absolute Gasteiger partial charge is 0.497 e. The van der Waals surface area contributed by atoms with Crippen molar-refractivity contribution in [3.8, 4) is 34.5 Å². The molecule has 0 bridgehead atoms. The summed E-state index contributed by atoms with van der Waals surface area (Å²) in [6.45, 7) is 1.48. The third-order valence-corrected chi connectivity index (χ3v) is 12.3. The molecule has 81 heavy (non-hydrogen) atoms. The number of unbranched alkanes of at least 4 members (excludes halogenated alkanes) is 6. The molecule has 0 aliphatic carbocycles. The van der Waals surface area contributed by atoms with E-state index in [9.17, 15) is 14.4 Å². The fourth-order valence-corrected chi connectivity index (χ4v) is 7.90. The lowest BCUT2D eigenvalue weighted by Crippen LogP contribution is -2.16. The van der Waals surface area contributed by atoms with Crippen LogP contribution in [0.3, 0.4) is 0 Å². The number of hydrogen-bond donors (Lipinski definition) is 3. The molecule has 18 nitrogen and oxygen atoms in total.